The maximum atomic E-state index is 13.0. The van der Waals surface area contributed by atoms with Crippen molar-refractivity contribution < 1.29 is 9.13 Å². The highest BCUT2D eigenvalue weighted by molar-refractivity contribution is 14.1. The second kappa shape index (κ2) is 7.15. The van der Waals surface area contributed by atoms with Gasteiger partial charge in [0.1, 0.15) is 18.2 Å². The van der Waals surface area contributed by atoms with Crippen LogP contribution in [0.15, 0.2) is 42.5 Å². The van der Waals surface area contributed by atoms with Gasteiger partial charge in [0.25, 0.3) is 0 Å². The standard InChI is InChI=1S/C16H13FINO/c1-2-9-20-16-6-4-3-5-12(16)11-19-15-8-7-13(17)10-14(15)18/h1,3-8,10,19H,9,11H2. The maximum Gasteiger partial charge on any atom is 0.148 e. The zero-order valence-corrected chi connectivity index (χ0v) is 12.9. The molecule has 2 aromatic rings. The molecule has 4 heteroatoms. The van der Waals surface area contributed by atoms with E-state index in [1.165, 1.54) is 12.1 Å². The van der Waals surface area contributed by atoms with E-state index in [2.05, 4.69) is 33.8 Å². The van der Waals surface area contributed by atoms with Crippen molar-refractivity contribution in [3.8, 4) is 18.1 Å². The Balaban J connectivity index is 2.09. The Hall–Kier alpha value is -1.74. The number of rotatable bonds is 5. The van der Waals surface area contributed by atoms with E-state index in [0.29, 0.717) is 6.54 Å². The van der Waals surface area contributed by atoms with Gasteiger partial charge in [0, 0.05) is 21.4 Å². The van der Waals surface area contributed by atoms with Crippen molar-refractivity contribution in [1.29, 1.82) is 0 Å². The Morgan fingerprint density at radius 3 is 2.80 bits per heavy atom. The van der Waals surface area contributed by atoms with Crippen LogP contribution in [-0.4, -0.2) is 6.61 Å². The summed E-state index contributed by atoms with van der Waals surface area (Å²) in [5, 5.41) is 3.27. The summed E-state index contributed by atoms with van der Waals surface area (Å²) in [5.41, 5.74) is 1.89. The molecule has 0 unspecified atom stereocenters. The minimum absolute atomic E-state index is 0.238. The van der Waals surface area contributed by atoms with Crippen LogP contribution in [0.2, 0.25) is 0 Å². The number of benzene rings is 2. The van der Waals surface area contributed by atoms with Gasteiger partial charge < -0.3 is 10.1 Å². The first kappa shape index (κ1) is 14.7. The Labute approximate surface area is 131 Å². The number of anilines is 1. The fraction of sp³-hybridized carbons (Fsp3) is 0.125. The van der Waals surface area contributed by atoms with E-state index in [1.54, 1.807) is 6.07 Å². The van der Waals surface area contributed by atoms with Crippen LogP contribution in [0.5, 0.6) is 5.75 Å². The molecule has 0 bridgehead atoms. The first-order valence-corrected chi connectivity index (χ1v) is 7.11. The molecule has 0 fully saturated rings. The van der Waals surface area contributed by atoms with Crippen LogP contribution in [0.3, 0.4) is 0 Å². The van der Waals surface area contributed by atoms with Crippen molar-refractivity contribution >= 4 is 28.3 Å². The van der Waals surface area contributed by atoms with Crippen LogP contribution in [0, 0.1) is 21.7 Å². The van der Waals surface area contributed by atoms with E-state index >= 15 is 0 Å². The van der Waals surface area contributed by atoms with Crippen molar-refractivity contribution in [3.63, 3.8) is 0 Å². The summed E-state index contributed by atoms with van der Waals surface area (Å²) >= 11 is 2.10. The molecule has 0 atom stereocenters. The zero-order valence-electron chi connectivity index (χ0n) is 10.7. The molecular weight excluding hydrogens is 368 g/mol. The summed E-state index contributed by atoms with van der Waals surface area (Å²) in [6.45, 7) is 0.827. The minimum atomic E-state index is -0.238. The van der Waals surface area contributed by atoms with Gasteiger partial charge >= 0.3 is 0 Å². The molecule has 0 radical (unpaired) electrons. The average Bonchev–Trinajstić information content (AvgIpc) is 2.45. The third-order valence-electron chi connectivity index (χ3n) is 2.68. The van der Waals surface area contributed by atoms with E-state index in [0.717, 1.165) is 20.6 Å². The Kier molecular flexibility index (Phi) is 5.24. The van der Waals surface area contributed by atoms with Gasteiger partial charge in [-0.3, -0.25) is 0 Å². The molecule has 2 aromatic carbocycles. The zero-order chi connectivity index (χ0) is 14.4. The molecular formula is C16H13FINO. The summed E-state index contributed by atoms with van der Waals surface area (Å²) in [6, 6.07) is 12.3. The van der Waals surface area contributed by atoms with Gasteiger partial charge in [-0.05, 0) is 46.9 Å². The van der Waals surface area contributed by atoms with Gasteiger partial charge in [-0.2, -0.15) is 0 Å². The van der Waals surface area contributed by atoms with Crippen LogP contribution in [0.25, 0.3) is 0 Å². The largest absolute Gasteiger partial charge is 0.481 e. The lowest BCUT2D eigenvalue weighted by Crippen LogP contribution is -2.04. The van der Waals surface area contributed by atoms with E-state index in [4.69, 9.17) is 11.2 Å². The van der Waals surface area contributed by atoms with Crippen molar-refractivity contribution in [3.05, 3.63) is 57.4 Å². The van der Waals surface area contributed by atoms with Crippen LogP contribution < -0.4 is 10.1 Å². The first-order chi connectivity index (χ1) is 9.70. The summed E-state index contributed by atoms with van der Waals surface area (Å²) in [6.07, 6.45) is 5.20. The van der Waals surface area contributed by atoms with Gasteiger partial charge in [0.15, 0.2) is 0 Å². The number of nitrogens with one attached hydrogen (secondary N) is 1. The number of para-hydroxylation sites is 1. The van der Waals surface area contributed by atoms with E-state index in [-0.39, 0.29) is 12.4 Å². The Morgan fingerprint density at radius 1 is 1.25 bits per heavy atom. The quantitative estimate of drug-likeness (QED) is 0.623. The normalized spacial score (nSPS) is 9.85. The SMILES string of the molecule is C#CCOc1ccccc1CNc1ccc(F)cc1I. The number of halogens is 2. The highest BCUT2D eigenvalue weighted by atomic mass is 127. The van der Waals surface area contributed by atoms with Crippen molar-refractivity contribution in [2.45, 2.75) is 6.54 Å². The molecule has 2 rings (SSSR count). The molecule has 2 nitrogen and oxygen atoms in total. The van der Waals surface area contributed by atoms with Crippen molar-refractivity contribution in [2.24, 2.45) is 0 Å². The van der Waals surface area contributed by atoms with Gasteiger partial charge in [0.05, 0.1) is 0 Å². The van der Waals surface area contributed by atoms with Gasteiger partial charge in [0.2, 0.25) is 0 Å². The molecule has 0 spiro atoms. The topological polar surface area (TPSA) is 21.3 Å². The summed E-state index contributed by atoms with van der Waals surface area (Å²) in [5.74, 6) is 2.97. The maximum absolute atomic E-state index is 13.0. The number of ether oxygens (including phenoxy) is 1. The third-order valence-corrected chi connectivity index (χ3v) is 3.58. The van der Waals surface area contributed by atoms with Gasteiger partial charge in [-0.15, -0.1) is 6.42 Å². The molecule has 0 saturated carbocycles. The van der Waals surface area contributed by atoms with Gasteiger partial charge in [-0.1, -0.05) is 24.1 Å². The fourth-order valence-corrected chi connectivity index (χ4v) is 2.40. The third kappa shape index (κ3) is 3.87. The van der Waals surface area contributed by atoms with E-state index in [1.807, 2.05) is 24.3 Å². The summed E-state index contributed by atoms with van der Waals surface area (Å²) in [7, 11) is 0. The molecule has 0 aliphatic carbocycles. The number of hydrogen-bond donors (Lipinski definition) is 1. The molecule has 0 aliphatic heterocycles. The highest BCUT2D eigenvalue weighted by Gasteiger charge is 2.05. The number of terminal acetylenes is 1. The second-order valence-electron chi connectivity index (χ2n) is 4.08. The molecule has 1 N–H and O–H groups in total. The molecule has 0 saturated heterocycles. The lowest BCUT2D eigenvalue weighted by Gasteiger charge is -2.12. The smallest absolute Gasteiger partial charge is 0.148 e. The van der Waals surface area contributed by atoms with Crippen LogP contribution in [-0.2, 0) is 6.54 Å². The molecule has 102 valence electrons. The average molecular weight is 381 g/mol. The van der Waals surface area contributed by atoms with Gasteiger partial charge in [-0.25, -0.2) is 4.39 Å². The lowest BCUT2D eigenvalue weighted by atomic mass is 10.2. The Morgan fingerprint density at radius 2 is 2.05 bits per heavy atom. The first-order valence-electron chi connectivity index (χ1n) is 6.04. The summed E-state index contributed by atoms with van der Waals surface area (Å²) < 4.78 is 19.4. The Bertz CT molecular complexity index is 637. The monoisotopic (exact) mass is 381 g/mol. The molecule has 0 heterocycles. The van der Waals surface area contributed by atoms with Crippen molar-refractivity contribution in [2.75, 3.05) is 11.9 Å². The predicted octanol–water partition coefficient (Wildman–Crippen LogP) is 4.05. The van der Waals surface area contributed by atoms with Crippen LogP contribution in [0.1, 0.15) is 5.56 Å². The van der Waals surface area contributed by atoms with E-state index in [9.17, 15) is 4.39 Å². The molecule has 0 amide bonds. The lowest BCUT2D eigenvalue weighted by molar-refractivity contribution is 0.366. The summed E-state index contributed by atoms with van der Waals surface area (Å²) in [4.78, 5) is 0. The second-order valence-corrected chi connectivity index (χ2v) is 5.24. The predicted molar refractivity (Wildman–Crippen MR) is 87.2 cm³/mol. The molecule has 0 aromatic heterocycles. The fourth-order valence-electron chi connectivity index (χ4n) is 1.73. The molecule has 20 heavy (non-hydrogen) atoms. The highest BCUT2D eigenvalue weighted by Crippen LogP contribution is 2.22. The minimum Gasteiger partial charge on any atom is -0.481 e. The van der Waals surface area contributed by atoms with Crippen LogP contribution >= 0.6 is 22.6 Å². The molecule has 0 aliphatic rings. The van der Waals surface area contributed by atoms with E-state index < -0.39 is 0 Å². The van der Waals surface area contributed by atoms with Crippen LogP contribution in [0.4, 0.5) is 10.1 Å². The number of hydrogen-bond acceptors (Lipinski definition) is 2. The van der Waals surface area contributed by atoms with Crippen molar-refractivity contribution in [1.82, 2.24) is 0 Å².